The van der Waals surface area contributed by atoms with Gasteiger partial charge in [-0.3, -0.25) is 0 Å². The molecule has 5 nitrogen and oxygen atoms in total. The van der Waals surface area contributed by atoms with Gasteiger partial charge < -0.3 is 16.0 Å². The highest BCUT2D eigenvalue weighted by molar-refractivity contribution is 6.33. The number of aromatic nitrogens is 2. The van der Waals surface area contributed by atoms with Crippen molar-refractivity contribution in [3.05, 3.63) is 107 Å². The van der Waals surface area contributed by atoms with Gasteiger partial charge in [0.1, 0.15) is 11.6 Å². The highest BCUT2D eigenvalue weighted by atomic mass is 35.5. The minimum atomic E-state index is 0.571. The Morgan fingerprint density at radius 2 is 1.55 bits per heavy atom. The zero-order chi connectivity index (χ0) is 22.6. The van der Waals surface area contributed by atoms with Crippen molar-refractivity contribution in [2.45, 2.75) is 13.5 Å². The predicted octanol–water partition coefficient (Wildman–Crippen LogP) is 6.68. The van der Waals surface area contributed by atoms with Crippen molar-refractivity contribution in [1.29, 1.82) is 0 Å². The third kappa shape index (κ3) is 4.69. The number of anilines is 3. The summed E-state index contributed by atoms with van der Waals surface area (Å²) in [6, 6.07) is 28.1. The van der Waals surface area contributed by atoms with Gasteiger partial charge in [0, 0.05) is 41.7 Å². The molecule has 0 bridgehead atoms. The molecule has 1 aliphatic rings. The monoisotopic (exact) mass is 453 g/mol. The molecule has 0 saturated heterocycles. The first kappa shape index (κ1) is 21.0. The lowest BCUT2D eigenvalue weighted by Crippen LogP contribution is -2.17. The Morgan fingerprint density at radius 3 is 2.36 bits per heavy atom. The lowest BCUT2D eigenvalue weighted by atomic mass is 10.0. The summed E-state index contributed by atoms with van der Waals surface area (Å²) in [6.45, 7) is 3.56. The number of rotatable bonds is 6. The molecule has 0 aliphatic carbocycles. The summed E-state index contributed by atoms with van der Waals surface area (Å²) in [4.78, 5) is 9.58. The molecule has 0 saturated carbocycles. The Kier molecular flexibility index (Phi) is 5.96. The van der Waals surface area contributed by atoms with Crippen LogP contribution in [-0.4, -0.2) is 16.5 Å². The van der Waals surface area contributed by atoms with Gasteiger partial charge in [-0.25, -0.2) is 9.97 Å². The molecule has 2 heterocycles. The maximum absolute atomic E-state index is 6.48. The van der Waals surface area contributed by atoms with E-state index < -0.39 is 0 Å². The van der Waals surface area contributed by atoms with Crippen molar-refractivity contribution >= 4 is 34.6 Å². The van der Waals surface area contributed by atoms with Gasteiger partial charge in [0.15, 0.2) is 5.82 Å². The third-order valence-electron chi connectivity index (χ3n) is 5.58. The molecule has 4 aromatic rings. The molecule has 0 unspecified atom stereocenters. The summed E-state index contributed by atoms with van der Waals surface area (Å²) in [5, 5.41) is 11.1. The van der Waals surface area contributed by atoms with Crippen LogP contribution in [0.1, 0.15) is 18.1 Å². The quantitative estimate of drug-likeness (QED) is 0.304. The zero-order valence-electron chi connectivity index (χ0n) is 18.3. The van der Waals surface area contributed by atoms with Crippen molar-refractivity contribution in [3.8, 4) is 11.4 Å². The molecule has 0 fully saturated rings. The Labute approximate surface area is 198 Å². The van der Waals surface area contributed by atoms with Gasteiger partial charge >= 0.3 is 0 Å². The Morgan fingerprint density at radius 1 is 0.848 bits per heavy atom. The molecule has 3 N–H and O–H groups in total. The summed E-state index contributed by atoms with van der Waals surface area (Å²) in [7, 11) is 0. The number of nitrogens with one attached hydrogen (secondary N) is 3. The largest absolute Gasteiger partial charge is 0.381 e. The number of hydrogen-bond donors (Lipinski definition) is 3. The highest BCUT2D eigenvalue weighted by Gasteiger charge is 2.18. The van der Waals surface area contributed by atoms with Crippen LogP contribution in [0.5, 0.6) is 0 Å². The fraction of sp³-hybridized carbons (Fsp3) is 0.111. The molecule has 6 heteroatoms. The van der Waals surface area contributed by atoms with Gasteiger partial charge in [-0.05, 0) is 36.3 Å². The van der Waals surface area contributed by atoms with E-state index in [1.54, 1.807) is 0 Å². The van der Waals surface area contributed by atoms with E-state index in [9.17, 15) is 0 Å². The molecule has 33 heavy (non-hydrogen) atoms. The van der Waals surface area contributed by atoms with Gasteiger partial charge in [0.2, 0.25) is 0 Å². The van der Waals surface area contributed by atoms with E-state index in [0.717, 1.165) is 34.9 Å². The third-order valence-corrected chi connectivity index (χ3v) is 5.91. The molecule has 164 valence electrons. The fourth-order valence-corrected chi connectivity index (χ4v) is 4.08. The van der Waals surface area contributed by atoms with Crippen molar-refractivity contribution < 1.29 is 0 Å². The fourth-order valence-electron chi connectivity index (χ4n) is 3.86. The maximum Gasteiger partial charge on any atom is 0.165 e. The van der Waals surface area contributed by atoms with Crippen molar-refractivity contribution in [2.75, 3.05) is 22.5 Å². The number of hydrogen-bond acceptors (Lipinski definition) is 5. The van der Waals surface area contributed by atoms with Crippen LogP contribution in [0, 0.1) is 0 Å². The van der Waals surface area contributed by atoms with Crippen LogP contribution < -0.4 is 16.0 Å². The van der Waals surface area contributed by atoms with E-state index >= 15 is 0 Å². The second-order valence-electron chi connectivity index (χ2n) is 7.96. The van der Waals surface area contributed by atoms with E-state index in [1.807, 2.05) is 60.7 Å². The second-order valence-corrected chi connectivity index (χ2v) is 8.37. The summed E-state index contributed by atoms with van der Waals surface area (Å²) in [5.74, 6) is 2.01. The van der Waals surface area contributed by atoms with Crippen molar-refractivity contribution in [2.24, 2.45) is 0 Å². The van der Waals surface area contributed by atoms with Crippen LogP contribution in [0.2, 0.25) is 5.02 Å². The standard InChI is InChI=1S/C27H24ClN5/c1-18-16-29-23-14-8-6-12-21(23)26(18)31-25-15-24(30-17-19-9-3-2-4-10-19)32-27(33-25)20-11-5-7-13-22(20)28/h2-15,29H,16-17H2,1H3,(H2,30,31,32,33). The lowest BCUT2D eigenvalue weighted by Gasteiger charge is -2.24. The average molecular weight is 454 g/mol. The van der Waals surface area contributed by atoms with Crippen LogP contribution in [0.25, 0.3) is 17.1 Å². The molecule has 0 spiro atoms. The zero-order valence-corrected chi connectivity index (χ0v) is 19.0. The highest BCUT2D eigenvalue weighted by Crippen LogP contribution is 2.33. The van der Waals surface area contributed by atoms with Gasteiger partial charge in [-0.15, -0.1) is 0 Å². The minimum absolute atomic E-state index is 0.571. The van der Waals surface area contributed by atoms with Gasteiger partial charge in [0.25, 0.3) is 0 Å². The van der Waals surface area contributed by atoms with E-state index in [4.69, 9.17) is 21.6 Å². The first-order chi connectivity index (χ1) is 16.2. The van der Waals surface area contributed by atoms with E-state index in [1.165, 1.54) is 11.1 Å². The normalized spacial score (nSPS) is 12.7. The first-order valence-corrected chi connectivity index (χ1v) is 11.3. The van der Waals surface area contributed by atoms with Gasteiger partial charge in [-0.2, -0.15) is 0 Å². The minimum Gasteiger partial charge on any atom is -0.381 e. The Balaban J connectivity index is 1.52. The summed E-state index contributed by atoms with van der Waals surface area (Å²) in [6.07, 6.45) is 0. The maximum atomic E-state index is 6.48. The van der Waals surface area contributed by atoms with Crippen LogP contribution in [0.3, 0.4) is 0 Å². The topological polar surface area (TPSA) is 61.9 Å². The van der Waals surface area contributed by atoms with Crippen molar-refractivity contribution in [3.63, 3.8) is 0 Å². The van der Waals surface area contributed by atoms with E-state index in [2.05, 4.69) is 47.1 Å². The molecule has 0 amide bonds. The molecule has 0 radical (unpaired) electrons. The van der Waals surface area contributed by atoms with E-state index in [0.29, 0.717) is 23.2 Å². The molecule has 3 aromatic carbocycles. The summed E-state index contributed by atoms with van der Waals surface area (Å²) >= 11 is 6.48. The Hall–Kier alpha value is -3.83. The number of halogens is 1. The average Bonchev–Trinajstić information content (AvgIpc) is 2.85. The molecular formula is C27H24ClN5. The van der Waals surface area contributed by atoms with Crippen molar-refractivity contribution in [1.82, 2.24) is 9.97 Å². The SMILES string of the molecule is CC1=C(Nc2cc(NCc3ccccc3)nc(-c3ccccc3Cl)n2)c2ccccc2NC1. The molecule has 0 atom stereocenters. The van der Waals surface area contributed by atoms with Gasteiger partial charge in [0.05, 0.1) is 5.02 Å². The van der Waals surface area contributed by atoms with Crippen LogP contribution >= 0.6 is 11.6 Å². The predicted molar refractivity (Wildman–Crippen MR) is 137 cm³/mol. The van der Waals surface area contributed by atoms with Crippen LogP contribution in [0.4, 0.5) is 17.3 Å². The second kappa shape index (κ2) is 9.35. The number of fused-ring (bicyclic) bond motifs is 1. The molecular weight excluding hydrogens is 430 g/mol. The number of nitrogens with zero attached hydrogens (tertiary/aromatic N) is 2. The van der Waals surface area contributed by atoms with Crippen LogP contribution in [0.15, 0.2) is 90.5 Å². The van der Waals surface area contributed by atoms with Crippen LogP contribution in [-0.2, 0) is 6.54 Å². The van der Waals surface area contributed by atoms with E-state index in [-0.39, 0.29) is 0 Å². The summed E-state index contributed by atoms with van der Waals surface area (Å²) in [5.41, 5.74) is 6.47. The summed E-state index contributed by atoms with van der Waals surface area (Å²) < 4.78 is 0. The molecule has 1 aromatic heterocycles. The lowest BCUT2D eigenvalue weighted by molar-refractivity contribution is 1.08. The molecule has 1 aliphatic heterocycles. The van der Waals surface area contributed by atoms with Gasteiger partial charge in [-0.1, -0.05) is 72.3 Å². The molecule has 5 rings (SSSR count). The Bertz CT molecular complexity index is 1320. The number of benzene rings is 3. The first-order valence-electron chi connectivity index (χ1n) is 10.9. The number of para-hydroxylation sites is 1. The smallest absolute Gasteiger partial charge is 0.165 e.